The fourth-order valence-electron chi connectivity index (χ4n) is 3.76. The fraction of sp³-hybridized carbons (Fsp3) is 0.0870. The van der Waals surface area contributed by atoms with E-state index >= 15 is 0 Å². The van der Waals surface area contributed by atoms with Gasteiger partial charge in [-0.05, 0) is 42.3 Å². The average molecular weight is 368 g/mol. The largest absolute Gasteiger partial charge is 0.450 e. The summed E-state index contributed by atoms with van der Waals surface area (Å²) >= 11 is 0. The van der Waals surface area contributed by atoms with Crippen molar-refractivity contribution in [2.24, 2.45) is 0 Å². The quantitative estimate of drug-likeness (QED) is 0.531. The molecule has 0 aliphatic carbocycles. The molecule has 2 aromatic heterocycles. The van der Waals surface area contributed by atoms with Crippen molar-refractivity contribution in [3.63, 3.8) is 0 Å². The van der Waals surface area contributed by atoms with Crippen LogP contribution in [0.15, 0.2) is 82.1 Å². The Morgan fingerprint density at radius 2 is 1.71 bits per heavy atom. The van der Waals surface area contributed by atoms with E-state index in [1.807, 2.05) is 49.4 Å². The number of para-hydroxylation sites is 1. The van der Waals surface area contributed by atoms with Crippen molar-refractivity contribution in [2.75, 3.05) is 4.90 Å². The molecule has 1 amide bonds. The Morgan fingerprint density at radius 3 is 2.50 bits per heavy atom. The first-order valence-electron chi connectivity index (χ1n) is 9.02. The van der Waals surface area contributed by atoms with Crippen molar-refractivity contribution in [3.05, 3.63) is 106 Å². The van der Waals surface area contributed by atoms with Crippen LogP contribution in [0.2, 0.25) is 0 Å². The van der Waals surface area contributed by atoms with Crippen molar-refractivity contribution in [3.8, 4) is 0 Å². The minimum absolute atomic E-state index is 0.0841. The van der Waals surface area contributed by atoms with E-state index in [1.54, 1.807) is 35.4 Å². The third-order valence-corrected chi connectivity index (χ3v) is 5.04. The number of amides is 1. The van der Waals surface area contributed by atoms with Gasteiger partial charge in [0, 0.05) is 6.20 Å². The Bertz CT molecular complexity index is 1280. The molecule has 5 nitrogen and oxygen atoms in total. The van der Waals surface area contributed by atoms with Gasteiger partial charge in [-0.25, -0.2) is 4.98 Å². The summed E-state index contributed by atoms with van der Waals surface area (Å²) in [6, 6.07) is 19.6. The van der Waals surface area contributed by atoms with E-state index in [1.165, 1.54) is 0 Å². The van der Waals surface area contributed by atoms with Crippen LogP contribution < -0.4 is 10.3 Å². The van der Waals surface area contributed by atoms with E-state index in [2.05, 4.69) is 4.98 Å². The summed E-state index contributed by atoms with van der Waals surface area (Å²) in [5.41, 5.74) is 2.39. The SMILES string of the molecule is Cc1ccnc(N2C(=O)c3oc4ccccc4c(=O)c3C2c2ccccc2)c1. The molecule has 0 spiro atoms. The van der Waals surface area contributed by atoms with Crippen LogP contribution >= 0.6 is 0 Å². The Balaban J connectivity index is 1.83. The van der Waals surface area contributed by atoms with Crippen LogP contribution in [0.1, 0.15) is 33.3 Å². The third kappa shape index (κ3) is 2.36. The molecule has 1 aliphatic rings. The summed E-state index contributed by atoms with van der Waals surface area (Å²) in [6.45, 7) is 1.94. The van der Waals surface area contributed by atoms with Crippen LogP contribution in [-0.2, 0) is 0 Å². The lowest BCUT2D eigenvalue weighted by Crippen LogP contribution is -2.30. The van der Waals surface area contributed by atoms with Gasteiger partial charge < -0.3 is 4.42 Å². The fourth-order valence-corrected chi connectivity index (χ4v) is 3.76. The van der Waals surface area contributed by atoms with E-state index < -0.39 is 6.04 Å². The summed E-state index contributed by atoms with van der Waals surface area (Å²) in [4.78, 5) is 32.6. The van der Waals surface area contributed by atoms with Gasteiger partial charge in [0.05, 0.1) is 17.0 Å². The smallest absolute Gasteiger partial charge is 0.296 e. The first-order chi connectivity index (χ1) is 13.6. The Labute approximate surface area is 160 Å². The van der Waals surface area contributed by atoms with Crippen LogP contribution in [0.25, 0.3) is 11.0 Å². The Morgan fingerprint density at radius 1 is 0.964 bits per heavy atom. The Hall–Kier alpha value is -3.73. The highest BCUT2D eigenvalue weighted by Gasteiger charge is 2.44. The first-order valence-corrected chi connectivity index (χ1v) is 9.02. The van der Waals surface area contributed by atoms with Gasteiger partial charge in [0.15, 0.2) is 5.43 Å². The zero-order valence-electron chi connectivity index (χ0n) is 15.1. The molecule has 28 heavy (non-hydrogen) atoms. The highest BCUT2D eigenvalue weighted by Crippen LogP contribution is 2.40. The minimum Gasteiger partial charge on any atom is -0.450 e. The van der Waals surface area contributed by atoms with E-state index in [9.17, 15) is 9.59 Å². The summed E-state index contributed by atoms with van der Waals surface area (Å²) in [7, 11) is 0. The van der Waals surface area contributed by atoms with Crippen LogP contribution in [-0.4, -0.2) is 10.9 Å². The molecule has 5 heteroatoms. The number of pyridine rings is 1. The predicted molar refractivity (Wildman–Crippen MR) is 107 cm³/mol. The van der Waals surface area contributed by atoms with E-state index in [-0.39, 0.29) is 17.1 Å². The predicted octanol–water partition coefficient (Wildman–Crippen LogP) is 4.25. The molecule has 3 heterocycles. The zero-order valence-corrected chi connectivity index (χ0v) is 15.1. The van der Waals surface area contributed by atoms with Crippen molar-refractivity contribution < 1.29 is 9.21 Å². The maximum absolute atomic E-state index is 13.3. The highest BCUT2D eigenvalue weighted by molar-refractivity contribution is 6.10. The molecule has 136 valence electrons. The van der Waals surface area contributed by atoms with Crippen LogP contribution in [0.4, 0.5) is 5.82 Å². The first kappa shape index (κ1) is 16.4. The van der Waals surface area contributed by atoms with Crippen molar-refractivity contribution in [1.29, 1.82) is 0 Å². The molecule has 1 unspecified atom stereocenters. The summed E-state index contributed by atoms with van der Waals surface area (Å²) in [6.07, 6.45) is 1.66. The molecule has 4 aromatic rings. The number of hydrogen-bond acceptors (Lipinski definition) is 4. The number of benzene rings is 2. The second kappa shape index (κ2) is 6.16. The summed E-state index contributed by atoms with van der Waals surface area (Å²) < 4.78 is 5.91. The van der Waals surface area contributed by atoms with Gasteiger partial charge in [0.1, 0.15) is 11.4 Å². The van der Waals surface area contributed by atoms with E-state index in [4.69, 9.17) is 4.42 Å². The molecule has 0 saturated carbocycles. The van der Waals surface area contributed by atoms with Crippen molar-refractivity contribution in [2.45, 2.75) is 13.0 Å². The van der Waals surface area contributed by atoms with Crippen molar-refractivity contribution >= 4 is 22.7 Å². The van der Waals surface area contributed by atoms with Gasteiger partial charge >= 0.3 is 0 Å². The van der Waals surface area contributed by atoms with Crippen molar-refractivity contribution in [1.82, 2.24) is 4.98 Å². The monoisotopic (exact) mass is 368 g/mol. The van der Waals surface area contributed by atoms with Crippen LogP contribution in [0.3, 0.4) is 0 Å². The molecule has 0 radical (unpaired) electrons. The molecule has 0 N–H and O–H groups in total. The van der Waals surface area contributed by atoms with Crippen LogP contribution in [0.5, 0.6) is 0 Å². The maximum atomic E-state index is 13.3. The van der Waals surface area contributed by atoms with Gasteiger partial charge in [-0.3, -0.25) is 14.5 Å². The van der Waals surface area contributed by atoms with Crippen LogP contribution in [0, 0.1) is 6.92 Å². The topological polar surface area (TPSA) is 63.4 Å². The number of rotatable bonds is 2. The molecular formula is C23H16N2O3. The molecule has 0 bridgehead atoms. The van der Waals surface area contributed by atoms with E-state index in [0.29, 0.717) is 22.4 Å². The summed E-state index contributed by atoms with van der Waals surface area (Å²) in [5.74, 6) is 0.222. The lowest BCUT2D eigenvalue weighted by molar-refractivity contribution is 0.0970. The minimum atomic E-state index is -0.584. The number of hydrogen-bond donors (Lipinski definition) is 0. The standard InChI is InChI=1S/C23H16N2O3/c1-14-11-12-24-18(13-14)25-20(15-7-3-2-4-8-15)19-21(26)16-9-5-6-10-17(16)28-22(19)23(25)27/h2-13,20H,1H3. The molecule has 1 atom stereocenters. The molecule has 5 rings (SSSR count). The van der Waals surface area contributed by atoms with Gasteiger partial charge in [-0.2, -0.15) is 0 Å². The van der Waals surface area contributed by atoms with Gasteiger partial charge in [0.2, 0.25) is 5.76 Å². The molecule has 0 fully saturated rings. The maximum Gasteiger partial charge on any atom is 0.296 e. The lowest BCUT2D eigenvalue weighted by Gasteiger charge is -2.24. The molecule has 2 aromatic carbocycles. The lowest BCUT2D eigenvalue weighted by atomic mass is 9.98. The Kier molecular flexibility index (Phi) is 3.62. The number of carbonyl (C=O) groups excluding carboxylic acids is 1. The number of aryl methyl sites for hydroxylation is 1. The zero-order chi connectivity index (χ0) is 19.3. The number of carbonyl (C=O) groups is 1. The molecular weight excluding hydrogens is 352 g/mol. The average Bonchev–Trinajstić information content (AvgIpc) is 3.02. The van der Waals surface area contributed by atoms with Gasteiger partial charge in [-0.15, -0.1) is 0 Å². The van der Waals surface area contributed by atoms with Gasteiger partial charge in [-0.1, -0.05) is 42.5 Å². The normalized spacial score (nSPS) is 15.8. The second-order valence-electron chi connectivity index (χ2n) is 6.85. The third-order valence-electron chi connectivity index (χ3n) is 5.04. The number of nitrogens with zero attached hydrogens (tertiary/aromatic N) is 2. The second-order valence-corrected chi connectivity index (χ2v) is 6.85. The van der Waals surface area contributed by atoms with Gasteiger partial charge in [0.25, 0.3) is 5.91 Å². The number of aromatic nitrogens is 1. The molecule has 1 aliphatic heterocycles. The number of anilines is 1. The summed E-state index contributed by atoms with van der Waals surface area (Å²) in [5, 5.41) is 0.467. The van der Waals surface area contributed by atoms with E-state index in [0.717, 1.165) is 11.1 Å². The molecule has 0 saturated heterocycles. The number of fused-ring (bicyclic) bond motifs is 2. The highest BCUT2D eigenvalue weighted by atomic mass is 16.3.